The molecule has 1 fully saturated rings. The number of piperazine rings is 1. The lowest BCUT2D eigenvalue weighted by Crippen LogP contribution is -2.51. The highest BCUT2D eigenvalue weighted by Gasteiger charge is 2.24. The minimum atomic E-state index is -0.387. The van der Waals surface area contributed by atoms with E-state index in [9.17, 15) is 14.4 Å². The lowest BCUT2D eigenvalue weighted by atomic mass is 10.1. The Morgan fingerprint density at radius 1 is 0.781 bits per heavy atom. The summed E-state index contributed by atoms with van der Waals surface area (Å²) in [7, 11) is 0. The maximum atomic E-state index is 12.6. The molecule has 0 bridgehead atoms. The van der Waals surface area contributed by atoms with Gasteiger partial charge in [0.15, 0.2) is 12.4 Å². The number of aliphatic hydroxyl groups is 1. The van der Waals surface area contributed by atoms with Gasteiger partial charge in [-0.25, -0.2) is 0 Å². The van der Waals surface area contributed by atoms with E-state index >= 15 is 0 Å². The number of hydrogen-bond acceptors (Lipinski definition) is 5. The summed E-state index contributed by atoms with van der Waals surface area (Å²) in [6.07, 6.45) is 4.24. The molecular formula is C25H32N2O5. The maximum Gasteiger partial charge on any atom is 0.260 e. The van der Waals surface area contributed by atoms with E-state index in [0.29, 0.717) is 44.8 Å². The quantitative estimate of drug-likeness (QED) is 0.543. The average Bonchev–Trinajstić information content (AvgIpc) is 2.84. The van der Waals surface area contributed by atoms with Gasteiger partial charge < -0.3 is 19.6 Å². The van der Waals surface area contributed by atoms with Crippen molar-refractivity contribution in [2.45, 2.75) is 38.5 Å². The van der Waals surface area contributed by atoms with Crippen LogP contribution in [0.15, 0.2) is 42.5 Å². The van der Waals surface area contributed by atoms with Gasteiger partial charge in [0.25, 0.3) is 5.91 Å². The van der Waals surface area contributed by atoms with Crippen molar-refractivity contribution in [2.24, 2.45) is 0 Å². The second-order valence-corrected chi connectivity index (χ2v) is 8.14. The number of ketones is 1. The number of amides is 2. The second-order valence-electron chi connectivity index (χ2n) is 8.14. The van der Waals surface area contributed by atoms with E-state index in [1.165, 1.54) is 0 Å². The maximum absolute atomic E-state index is 12.6. The number of benzene rings is 2. The number of aliphatic hydroxyl groups excluding tert-OH is 1. The van der Waals surface area contributed by atoms with Crippen LogP contribution in [0.5, 0.6) is 5.75 Å². The molecule has 0 radical (unpaired) electrons. The van der Waals surface area contributed by atoms with Crippen molar-refractivity contribution in [3.8, 4) is 5.75 Å². The molecule has 1 N–H and O–H groups in total. The molecular weight excluding hydrogens is 408 g/mol. The van der Waals surface area contributed by atoms with Crippen molar-refractivity contribution < 1.29 is 24.2 Å². The number of ether oxygens (including phenoxy) is 1. The smallest absolute Gasteiger partial charge is 0.260 e. The van der Waals surface area contributed by atoms with Crippen LogP contribution in [0, 0.1) is 0 Å². The van der Waals surface area contributed by atoms with E-state index in [-0.39, 0.29) is 30.8 Å². The Morgan fingerprint density at radius 2 is 1.41 bits per heavy atom. The van der Waals surface area contributed by atoms with E-state index < -0.39 is 0 Å². The number of carbonyl (C=O) groups excluding carboxylic acids is 3. The van der Waals surface area contributed by atoms with Crippen molar-refractivity contribution in [3.63, 3.8) is 0 Å². The van der Waals surface area contributed by atoms with Crippen molar-refractivity contribution in [1.82, 2.24) is 9.80 Å². The first-order chi connectivity index (χ1) is 15.6. The lowest BCUT2D eigenvalue weighted by molar-refractivity contribution is -0.140. The predicted octanol–water partition coefficient (Wildman–Crippen LogP) is 2.79. The predicted molar refractivity (Wildman–Crippen MR) is 122 cm³/mol. The fraction of sp³-hybridized carbons (Fsp3) is 0.480. The third-order valence-corrected chi connectivity index (χ3v) is 5.86. The summed E-state index contributed by atoms with van der Waals surface area (Å²) in [6.45, 7) is 1.73. The van der Waals surface area contributed by atoms with Crippen molar-refractivity contribution in [2.75, 3.05) is 39.4 Å². The van der Waals surface area contributed by atoms with Crippen molar-refractivity contribution in [1.29, 1.82) is 0 Å². The number of fused-ring (bicyclic) bond motifs is 1. The Morgan fingerprint density at radius 3 is 2.12 bits per heavy atom. The Labute approximate surface area is 188 Å². The number of unbranched alkanes of at least 4 members (excludes halogenated alkanes) is 3. The molecule has 32 heavy (non-hydrogen) atoms. The number of Topliss-reactive ketones (excluding diaryl/α,β-unsaturated/α-hetero) is 1. The zero-order valence-electron chi connectivity index (χ0n) is 18.5. The van der Waals surface area contributed by atoms with Crippen LogP contribution in [0.3, 0.4) is 0 Å². The molecule has 0 spiro atoms. The molecule has 2 aromatic carbocycles. The summed E-state index contributed by atoms with van der Waals surface area (Å²) in [5.74, 6) is 0.625. The van der Waals surface area contributed by atoms with Crippen LogP contribution in [0.2, 0.25) is 0 Å². The largest absolute Gasteiger partial charge is 0.483 e. The molecule has 1 aliphatic heterocycles. The number of nitrogens with zero attached hydrogens (tertiary/aromatic N) is 2. The zero-order chi connectivity index (χ0) is 22.8. The molecule has 2 amide bonds. The second kappa shape index (κ2) is 12.2. The van der Waals surface area contributed by atoms with Gasteiger partial charge in [0.2, 0.25) is 5.91 Å². The van der Waals surface area contributed by atoms with E-state index in [1.54, 1.807) is 4.90 Å². The Balaban J connectivity index is 1.34. The van der Waals surface area contributed by atoms with Crippen LogP contribution in [0.25, 0.3) is 10.8 Å². The van der Waals surface area contributed by atoms with Gasteiger partial charge in [-0.1, -0.05) is 49.2 Å². The lowest BCUT2D eigenvalue weighted by Gasteiger charge is -2.34. The first kappa shape index (κ1) is 23.7. The molecule has 1 aliphatic rings. The molecule has 0 unspecified atom stereocenters. The van der Waals surface area contributed by atoms with Crippen LogP contribution < -0.4 is 4.74 Å². The van der Waals surface area contributed by atoms with Gasteiger partial charge in [-0.3, -0.25) is 14.4 Å². The molecule has 0 aromatic heterocycles. The third kappa shape index (κ3) is 6.79. The Kier molecular flexibility index (Phi) is 9.04. The van der Waals surface area contributed by atoms with Gasteiger partial charge in [-0.15, -0.1) is 0 Å². The highest BCUT2D eigenvalue weighted by molar-refractivity contribution is 5.88. The molecule has 172 valence electrons. The van der Waals surface area contributed by atoms with E-state index in [1.807, 2.05) is 47.4 Å². The fourth-order valence-corrected chi connectivity index (χ4v) is 3.95. The number of hydrogen-bond donors (Lipinski definition) is 1. The highest BCUT2D eigenvalue weighted by atomic mass is 16.5. The van der Waals surface area contributed by atoms with Gasteiger partial charge in [-0.05, 0) is 24.3 Å². The van der Waals surface area contributed by atoms with Crippen LogP contribution >= 0.6 is 0 Å². The fourth-order valence-electron chi connectivity index (χ4n) is 3.95. The third-order valence-electron chi connectivity index (χ3n) is 5.86. The van der Waals surface area contributed by atoms with Crippen molar-refractivity contribution >= 4 is 28.4 Å². The van der Waals surface area contributed by atoms with E-state index in [4.69, 9.17) is 9.84 Å². The van der Waals surface area contributed by atoms with E-state index in [0.717, 1.165) is 36.5 Å². The first-order valence-electron chi connectivity index (χ1n) is 11.4. The summed E-state index contributed by atoms with van der Waals surface area (Å²) in [5, 5.41) is 10.8. The summed E-state index contributed by atoms with van der Waals surface area (Å²) in [5.41, 5.74) is 0. The number of rotatable bonds is 11. The van der Waals surface area contributed by atoms with Crippen LogP contribution in [-0.2, 0) is 14.4 Å². The topological polar surface area (TPSA) is 87.2 Å². The molecule has 7 nitrogen and oxygen atoms in total. The standard InChI is InChI=1S/C25H32N2O5/c28-18-21(29)10-3-1-2-4-13-24(30)26-14-16-27(17-15-26)25(31)19-32-23-12-7-9-20-8-5-6-11-22(20)23/h5-9,11-12,28H,1-4,10,13-19H2. The Hall–Kier alpha value is -2.93. The van der Waals surface area contributed by atoms with Gasteiger partial charge in [0.1, 0.15) is 12.4 Å². The van der Waals surface area contributed by atoms with E-state index in [2.05, 4.69) is 0 Å². The minimum Gasteiger partial charge on any atom is -0.483 e. The summed E-state index contributed by atoms with van der Waals surface area (Å²) < 4.78 is 5.81. The van der Waals surface area contributed by atoms with Gasteiger partial charge in [0.05, 0.1) is 0 Å². The SMILES string of the molecule is O=C(CO)CCCCCCC(=O)N1CCN(C(=O)COc2cccc3ccccc23)CC1. The minimum absolute atomic E-state index is 0.0132. The van der Waals surface area contributed by atoms with Crippen molar-refractivity contribution in [3.05, 3.63) is 42.5 Å². The van der Waals surface area contributed by atoms with Crippen LogP contribution in [0.1, 0.15) is 38.5 Å². The normalized spacial score (nSPS) is 13.9. The zero-order valence-corrected chi connectivity index (χ0v) is 18.5. The summed E-state index contributed by atoms with van der Waals surface area (Å²) in [4.78, 5) is 39.6. The molecule has 0 atom stereocenters. The molecule has 2 aromatic rings. The molecule has 3 rings (SSSR count). The number of carbonyl (C=O) groups is 3. The molecule has 0 saturated carbocycles. The highest BCUT2D eigenvalue weighted by Crippen LogP contribution is 2.25. The molecule has 7 heteroatoms. The summed E-state index contributed by atoms with van der Waals surface area (Å²) >= 11 is 0. The van der Waals surface area contributed by atoms with Crippen LogP contribution in [0.4, 0.5) is 0 Å². The molecule has 1 saturated heterocycles. The monoisotopic (exact) mass is 440 g/mol. The van der Waals surface area contributed by atoms with Gasteiger partial charge in [0, 0.05) is 44.4 Å². The van der Waals surface area contributed by atoms with Crippen LogP contribution in [-0.4, -0.2) is 71.9 Å². The first-order valence-corrected chi connectivity index (χ1v) is 11.4. The Bertz CT molecular complexity index is 916. The average molecular weight is 441 g/mol. The van der Waals surface area contributed by atoms with Gasteiger partial charge in [-0.2, -0.15) is 0 Å². The van der Waals surface area contributed by atoms with Gasteiger partial charge >= 0.3 is 0 Å². The summed E-state index contributed by atoms with van der Waals surface area (Å²) in [6, 6.07) is 13.7. The molecule has 0 aliphatic carbocycles. The molecule has 1 heterocycles.